The van der Waals surface area contributed by atoms with Gasteiger partial charge in [0.2, 0.25) is 0 Å². The molecule has 7 aromatic rings. The predicted octanol–water partition coefficient (Wildman–Crippen LogP) is 10.6. The summed E-state index contributed by atoms with van der Waals surface area (Å²) in [4.78, 5) is 16.3. The van der Waals surface area contributed by atoms with E-state index < -0.39 is 0 Å². The minimum absolute atomic E-state index is 0. The van der Waals surface area contributed by atoms with Crippen LogP contribution in [0.5, 0.6) is 0 Å². The van der Waals surface area contributed by atoms with Crippen molar-refractivity contribution in [1.29, 1.82) is 0 Å². The molecule has 0 saturated carbocycles. The van der Waals surface area contributed by atoms with Crippen LogP contribution in [0.2, 0.25) is 0 Å². The van der Waals surface area contributed by atoms with Gasteiger partial charge in [0, 0.05) is 36.4 Å². The molecule has 7 rings (SSSR count). The Morgan fingerprint density at radius 1 is 0.864 bits per heavy atom. The largest absolute Gasteiger partial charge is 0.512 e. The molecule has 0 fully saturated rings. The molecule has 6 heteroatoms. The Bertz CT molecular complexity index is 2130. The summed E-state index contributed by atoms with van der Waals surface area (Å²) in [6.07, 6.45) is 1.17. The molecule has 0 unspecified atom stereocenters. The molecule has 4 nitrogen and oxygen atoms in total. The van der Waals surface area contributed by atoms with Gasteiger partial charge in [0.05, 0.1) is 21.6 Å². The molecular weight excluding hydrogens is 743 g/mol. The summed E-state index contributed by atoms with van der Waals surface area (Å²) in [5.74, 6) is -0.0625. The second kappa shape index (κ2) is 13.1. The predicted molar refractivity (Wildman–Crippen MR) is 179 cm³/mol. The molecule has 0 aliphatic carbocycles. The van der Waals surface area contributed by atoms with Crippen LogP contribution in [0.4, 0.5) is 0 Å². The molecule has 0 amide bonds. The van der Waals surface area contributed by atoms with Crippen molar-refractivity contribution < 1.29 is 34.4 Å². The Hall–Kier alpha value is -4.35. The molecule has 221 valence electrons. The van der Waals surface area contributed by atoms with Crippen molar-refractivity contribution in [2.45, 2.75) is 27.7 Å². The number of carbonyl (C=O) groups excluding carboxylic acids is 1. The van der Waals surface area contributed by atoms with Crippen molar-refractivity contribution in [3.63, 3.8) is 0 Å². The number of aliphatic hydroxyl groups excluding tert-OH is 1. The van der Waals surface area contributed by atoms with E-state index in [1.807, 2.05) is 24.3 Å². The molecule has 3 heterocycles. The smallest absolute Gasteiger partial charge is 0.155 e. The zero-order valence-electron chi connectivity index (χ0n) is 24.8. The number of aryl methyl sites for hydroxylation is 2. The van der Waals surface area contributed by atoms with Crippen LogP contribution in [-0.2, 0) is 24.9 Å². The number of aromatic nitrogens is 1. The molecule has 0 saturated heterocycles. The standard InChI is InChI=1S/C33H22NOS.C5H8O2.Ir/c1-20-7-5-8-21(2)32(20)23-15-13-22(14-16-23)31-19-28-30(36-31)18-17-27(34-28)26-11-6-10-25-24-9-3-4-12-29(24)35-33(25)26;1-4(6)3-5(2)7;/h3-10,12-19H,1-2H3;3,6H,1-2H3;/q-1;;/b;4-3-;. The van der Waals surface area contributed by atoms with Crippen LogP contribution in [0.1, 0.15) is 25.0 Å². The molecule has 0 bridgehead atoms. The van der Waals surface area contributed by atoms with Gasteiger partial charge in [-0.1, -0.05) is 77.7 Å². The van der Waals surface area contributed by atoms with E-state index in [9.17, 15) is 4.79 Å². The van der Waals surface area contributed by atoms with Crippen LogP contribution in [0.25, 0.3) is 65.0 Å². The van der Waals surface area contributed by atoms with Crippen molar-refractivity contribution in [2.75, 3.05) is 0 Å². The first-order chi connectivity index (χ1) is 20.8. The van der Waals surface area contributed by atoms with E-state index in [1.165, 1.54) is 57.3 Å². The van der Waals surface area contributed by atoms with Crippen LogP contribution in [-0.4, -0.2) is 15.9 Å². The number of aliphatic hydroxyl groups is 1. The number of para-hydroxylation sites is 1. The summed E-state index contributed by atoms with van der Waals surface area (Å²) in [6.45, 7) is 7.20. The molecule has 0 atom stereocenters. The average molecular weight is 773 g/mol. The van der Waals surface area contributed by atoms with Crippen LogP contribution in [0, 0.1) is 19.9 Å². The van der Waals surface area contributed by atoms with E-state index in [1.54, 1.807) is 11.3 Å². The van der Waals surface area contributed by atoms with Gasteiger partial charge in [0.1, 0.15) is 5.58 Å². The van der Waals surface area contributed by atoms with E-state index >= 15 is 0 Å². The number of pyridine rings is 1. The minimum atomic E-state index is -0.125. The Morgan fingerprint density at radius 3 is 2.25 bits per heavy atom. The summed E-state index contributed by atoms with van der Waals surface area (Å²) in [5, 5.41) is 10.6. The van der Waals surface area contributed by atoms with E-state index in [2.05, 4.69) is 92.7 Å². The molecule has 0 aliphatic heterocycles. The number of rotatable bonds is 4. The van der Waals surface area contributed by atoms with Crippen molar-refractivity contribution in [3.8, 4) is 32.8 Å². The van der Waals surface area contributed by atoms with Crippen LogP contribution < -0.4 is 0 Å². The normalized spacial score (nSPS) is 11.3. The number of benzene rings is 4. The monoisotopic (exact) mass is 773 g/mol. The van der Waals surface area contributed by atoms with E-state index in [-0.39, 0.29) is 31.6 Å². The van der Waals surface area contributed by atoms with Gasteiger partial charge in [0.25, 0.3) is 0 Å². The molecule has 1 N–H and O–H groups in total. The van der Waals surface area contributed by atoms with Gasteiger partial charge in [-0.25, -0.2) is 0 Å². The van der Waals surface area contributed by atoms with Gasteiger partial charge < -0.3 is 9.52 Å². The second-order valence-corrected chi connectivity index (χ2v) is 11.7. The number of ketones is 1. The number of hydrogen-bond donors (Lipinski definition) is 1. The van der Waals surface area contributed by atoms with Crippen molar-refractivity contribution in [2.24, 2.45) is 0 Å². The van der Waals surface area contributed by atoms with Crippen LogP contribution in [0.3, 0.4) is 0 Å². The Morgan fingerprint density at radius 2 is 1.57 bits per heavy atom. The van der Waals surface area contributed by atoms with Gasteiger partial charge in [0.15, 0.2) is 5.78 Å². The minimum Gasteiger partial charge on any atom is -0.512 e. The number of nitrogens with zero attached hydrogens (tertiary/aromatic N) is 1. The summed E-state index contributed by atoms with van der Waals surface area (Å²) in [5.41, 5.74) is 10.9. The van der Waals surface area contributed by atoms with Crippen LogP contribution >= 0.6 is 11.3 Å². The number of fused-ring (bicyclic) bond motifs is 4. The fraction of sp³-hybridized carbons (Fsp3) is 0.105. The van der Waals surface area contributed by atoms with Gasteiger partial charge in [-0.3, -0.25) is 9.78 Å². The molecule has 3 aromatic heterocycles. The molecule has 4 aromatic carbocycles. The third-order valence-electron chi connectivity index (χ3n) is 7.32. The summed E-state index contributed by atoms with van der Waals surface area (Å²) in [6, 6.07) is 37.3. The molecule has 1 radical (unpaired) electrons. The van der Waals surface area contributed by atoms with Crippen molar-refractivity contribution in [1.82, 2.24) is 4.98 Å². The zero-order valence-corrected chi connectivity index (χ0v) is 28.0. The van der Waals surface area contributed by atoms with Gasteiger partial charge in [-0.05, 0) is 79.4 Å². The maximum Gasteiger partial charge on any atom is 0.155 e. The topological polar surface area (TPSA) is 63.3 Å². The number of allylic oxidation sites excluding steroid dienone is 2. The first-order valence-corrected chi connectivity index (χ1v) is 14.9. The summed E-state index contributed by atoms with van der Waals surface area (Å²) in [7, 11) is 0. The number of thiophene rings is 1. The fourth-order valence-corrected chi connectivity index (χ4v) is 6.46. The quantitative estimate of drug-likeness (QED) is 0.110. The van der Waals surface area contributed by atoms with Crippen LogP contribution in [0.15, 0.2) is 113 Å². The summed E-state index contributed by atoms with van der Waals surface area (Å²) >= 11 is 1.77. The van der Waals surface area contributed by atoms with Crippen molar-refractivity contribution >= 4 is 49.3 Å². The maximum absolute atomic E-state index is 10.0. The van der Waals surface area contributed by atoms with Gasteiger partial charge >= 0.3 is 0 Å². The number of carbonyl (C=O) groups is 1. The molecule has 0 spiro atoms. The third-order valence-corrected chi connectivity index (χ3v) is 8.46. The van der Waals surface area contributed by atoms with Gasteiger partial charge in [-0.15, -0.1) is 29.5 Å². The Labute approximate surface area is 274 Å². The summed E-state index contributed by atoms with van der Waals surface area (Å²) < 4.78 is 7.39. The number of hydrogen-bond acceptors (Lipinski definition) is 5. The number of furan rings is 1. The maximum atomic E-state index is 10.0. The van der Waals surface area contributed by atoms with Crippen molar-refractivity contribution in [3.05, 3.63) is 126 Å². The molecule has 0 aliphatic rings. The zero-order chi connectivity index (χ0) is 30.1. The average Bonchev–Trinajstić information content (AvgIpc) is 3.58. The SMILES string of the molecule is CC(=O)/C=C(/C)O.Cc1cccc(C)c1-c1ccc(-c2cc3nc(-c4[c-]ccc5c4oc4ccccc45)ccc3s2)cc1.[Ir]. The van der Waals surface area contributed by atoms with Gasteiger partial charge in [-0.2, -0.15) is 0 Å². The molecular formula is C38H30IrNO3S-. The second-order valence-electron chi connectivity index (χ2n) is 10.6. The third kappa shape index (κ3) is 6.29. The fourth-order valence-electron chi connectivity index (χ4n) is 5.45. The van der Waals surface area contributed by atoms with E-state index in [4.69, 9.17) is 14.5 Å². The first kappa shape index (κ1) is 31.1. The molecule has 44 heavy (non-hydrogen) atoms. The van der Waals surface area contributed by atoms with E-state index in [0.717, 1.165) is 38.7 Å². The Balaban J connectivity index is 0.000000433. The Kier molecular flexibility index (Phi) is 9.26. The van der Waals surface area contributed by atoms with E-state index in [0.29, 0.717) is 0 Å². The first-order valence-electron chi connectivity index (χ1n) is 14.1.